The summed E-state index contributed by atoms with van der Waals surface area (Å²) in [5, 5.41) is 20.3. The van der Waals surface area contributed by atoms with E-state index in [2.05, 4.69) is 33.8 Å². The van der Waals surface area contributed by atoms with Crippen LogP contribution in [0.2, 0.25) is 0 Å². The summed E-state index contributed by atoms with van der Waals surface area (Å²) < 4.78 is 38.9. The van der Waals surface area contributed by atoms with Gasteiger partial charge in [-0.05, 0) is 76.3 Å². The Morgan fingerprint density at radius 2 is 1.27 bits per heavy atom. The van der Waals surface area contributed by atoms with Gasteiger partial charge in [0.1, 0.15) is 18.1 Å². The largest absolute Gasteiger partial charge is 0.472 e. The van der Waals surface area contributed by atoms with Crippen LogP contribution in [0.5, 0.6) is 0 Å². The monoisotopic (exact) mass is 866 g/mol. The molecule has 0 aliphatic rings. The van der Waals surface area contributed by atoms with Crippen LogP contribution in [0.25, 0.3) is 0 Å². The van der Waals surface area contributed by atoms with Crippen LogP contribution >= 0.6 is 7.82 Å². The van der Waals surface area contributed by atoms with E-state index in [4.69, 9.17) is 28.7 Å². The smallest absolute Gasteiger partial charge is 0.466 e. The molecule has 1 aromatic heterocycles. The minimum atomic E-state index is -4.46. The third-order valence-electron chi connectivity index (χ3n) is 10.1. The Balaban J connectivity index is 2.36. The SMILES string of the molecule is CCCCC/C=C\C[C@H](O)/C=C/C=C/C=C\[C@H](O)CCCC(=O)O[C@H](COC(=O)CCCCCCCCCCc1oc(CCCCC)c(C)c1C)COP(=O)(O)OCCN. The number of hydrogen-bond acceptors (Lipinski definition) is 11. The number of ether oxygens (including phenoxy) is 2. The van der Waals surface area contributed by atoms with E-state index in [0.717, 1.165) is 75.7 Å². The van der Waals surface area contributed by atoms with Gasteiger partial charge in [0.25, 0.3) is 0 Å². The highest BCUT2D eigenvalue weighted by molar-refractivity contribution is 7.47. The molecule has 1 heterocycles. The highest BCUT2D eigenvalue weighted by Crippen LogP contribution is 2.43. The third kappa shape index (κ3) is 29.4. The minimum Gasteiger partial charge on any atom is -0.466 e. The predicted octanol–water partition coefficient (Wildman–Crippen LogP) is 10.3. The summed E-state index contributed by atoms with van der Waals surface area (Å²) in [7, 11) is -4.46. The Hall–Kier alpha value is -2.83. The second-order valence-electron chi connectivity index (χ2n) is 15.5. The van der Waals surface area contributed by atoms with Gasteiger partial charge < -0.3 is 34.7 Å². The molecule has 0 aliphatic heterocycles. The van der Waals surface area contributed by atoms with Crippen LogP contribution in [0.1, 0.15) is 165 Å². The molecule has 5 N–H and O–H groups in total. The standard InChI is InChI=1S/C47H80NO11P/c1-5-7-9-10-15-21-27-41(49)28-22-18-19-23-29-42(50)30-26-34-47(52)58-43(38-57-60(53,54)56-36-35-48)37-55-46(51)33-25-17-14-12-11-13-16-24-32-45-40(4)39(3)44(59-45)31-20-8-6-2/h15,18-19,21-23,28-29,41-43,49-50H,5-14,16-17,20,24-27,30-38,48H2,1-4H3,(H,53,54)/b19-18+,21-15-,28-22+,29-23-/t41-,42-,43+/m0/s1. The maximum absolute atomic E-state index is 12.6. The van der Waals surface area contributed by atoms with E-state index in [-0.39, 0.29) is 32.6 Å². The molecule has 0 aliphatic carbocycles. The van der Waals surface area contributed by atoms with Gasteiger partial charge >= 0.3 is 19.8 Å². The lowest BCUT2D eigenvalue weighted by molar-refractivity contribution is -0.161. The van der Waals surface area contributed by atoms with Gasteiger partial charge in [0.15, 0.2) is 6.10 Å². The zero-order chi connectivity index (χ0) is 44.3. The molecule has 1 rings (SSSR count). The van der Waals surface area contributed by atoms with Crippen LogP contribution in [0.4, 0.5) is 0 Å². The molecule has 13 heteroatoms. The lowest BCUT2D eigenvalue weighted by atomic mass is 10.0. The summed E-state index contributed by atoms with van der Waals surface area (Å²) in [4.78, 5) is 35.0. The highest BCUT2D eigenvalue weighted by atomic mass is 31.2. The minimum absolute atomic E-state index is 0.00576. The summed E-state index contributed by atoms with van der Waals surface area (Å²) >= 11 is 0. The van der Waals surface area contributed by atoms with Gasteiger partial charge in [-0.2, -0.15) is 0 Å². The number of phosphoric acid groups is 1. The summed E-state index contributed by atoms with van der Waals surface area (Å²) in [6, 6.07) is 0. The molecular weight excluding hydrogens is 785 g/mol. The number of carbonyl (C=O) groups excluding carboxylic acids is 2. The van der Waals surface area contributed by atoms with E-state index < -0.39 is 44.7 Å². The third-order valence-corrected chi connectivity index (χ3v) is 11.1. The Morgan fingerprint density at radius 1 is 0.700 bits per heavy atom. The van der Waals surface area contributed by atoms with Crippen molar-refractivity contribution in [2.45, 2.75) is 187 Å². The first-order chi connectivity index (χ1) is 28.9. The van der Waals surface area contributed by atoms with E-state index in [0.29, 0.717) is 25.7 Å². The zero-order valence-electron chi connectivity index (χ0n) is 37.4. The maximum atomic E-state index is 12.6. The molecule has 0 aromatic carbocycles. The molecule has 0 amide bonds. The van der Waals surface area contributed by atoms with E-state index >= 15 is 0 Å². The Bertz CT molecular complexity index is 1440. The van der Waals surface area contributed by atoms with Crippen LogP contribution in [0, 0.1) is 13.8 Å². The molecule has 344 valence electrons. The zero-order valence-corrected chi connectivity index (χ0v) is 38.3. The molecule has 4 atom stereocenters. The number of aryl methyl sites for hydroxylation is 2. The molecule has 1 unspecified atom stereocenters. The lowest BCUT2D eigenvalue weighted by Crippen LogP contribution is -2.29. The number of phosphoric ester groups is 1. The normalized spacial score (nSPS) is 14.7. The molecule has 1 aromatic rings. The van der Waals surface area contributed by atoms with Gasteiger partial charge in [0.2, 0.25) is 0 Å². The predicted molar refractivity (Wildman–Crippen MR) is 239 cm³/mol. The number of nitrogens with two attached hydrogens (primary N) is 1. The first-order valence-corrected chi connectivity index (χ1v) is 24.2. The number of hydrogen-bond donors (Lipinski definition) is 4. The maximum Gasteiger partial charge on any atom is 0.472 e. The summed E-state index contributed by atoms with van der Waals surface area (Å²) in [6.07, 6.45) is 31.7. The number of furan rings is 1. The molecule has 0 bridgehead atoms. The van der Waals surface area contributed by atoms with Crippen LogP contribution in [-0.4, -0.2) is 71.7 Å². The molecule has 0 saturated carbocycles. The molecule has 12 nitrogen and oxygen atoms in total. The van der Waals surface area contributed by atoms with Gasteiger partial charge in [0.05, 0.1) is 25.4 Å². The Labute approximate surface area is 361 Å². The fourth-order valence-electron chi connectivity index (χ4n) is 6.36. The van der Waals surface area contributed by atoms with Gasteiger partial charge in [0, 0.05) is 32.2 Å². The van der Waals surface area contributed by atoms with Gasteiger partial charge in [-0.25, -0.2) is 4.57 Å². The van der Waals surface area contributed by atoms with Crippen molar-refractivity contribution >= 4 is 19.8 Å². The van der Waals surface area contributed by atoms with Crippen LogP contribution < -0.4 is 5.73 Å². The fourth-order valence-corrected chi connectivity index (χ4v) is 7.12. The van der Waals surface area contributed by atoms with Gasteiger partial charge in [-0.1, -0.05) is 127 Å². The van der Waals surface area contributed by atoms with Crippen molar-refractivity contribution in [1.82, 2.24) is 0 Å². The number of aliphatic hydroxyl groups is 2. The number of esters is 2. The number of aliphatic hydroxyl groups excluding tert-OH is 2. The quantitative estimate of drug-likeness (QED) is 0.0162. The Morgan fingerprint density at radius 3 is 1.90 bits per heavy atom. The van der Waals surface area contributed by atoms with E-state index in [1.54, 1.807) is 36.5 Å². The van der Waals surface area contributed by atoms with Crippen molar-refractivity contribution in [3.05, 3.63) is 71.3 Å². The molecule has 0 saturated heterocycles. The summed E-state index contributed by atoms with van der Waals surface area (Å²) in [5.41, 5.74) is 7.97. The summed E-state index contributed by atoms with van der Waals surface area (Å²) in [6.45, 7) is 7.66. The lowest BCUT2D eigenvalue weighted by Gasteiger charge is -2.20. The van der Waals surface area contributed by atoms with Crippen LogP contribution in [0.3, 0.4) is 0 Å². The van der Waals surface area contributed by atoms with Crippen molar-refractivity contribution in [1.29, 1.82) is 0 Å². The first-order valence-electron chi connectivity index (χ1n) is 22.7. The number of rotatable bonds is 38. The second kappa shape index (κ2) is 35.7. The van der Waals surface area contributed by atoms with E-state index in [9.17, 15) is 29.3 Å². The average Bonchev–Trinajstić information content (AvgIpc) is 3.49. The van der Waals surface area contributed by atoms with Crippen molar-refractivity contribution < 1.29 is 52.2 Å². The number of allylic oxidation sites excluding steroid dienone is 5. The van der Waals surface area contributed by atoms with Crippen LogP contribution in [-0.2, 0) is 45.5 Å². The fraction of sp³-hybridized carbons (Fsp3) is 0.702. The van der Waals surface area contributed by atoms with E-state index in [1.165, 1.54) is 49.7 Å². The highest BCUT2D eigenvalue weighted by Gasteiger charge is 2.26. The van der Waals surface area contributed by atoms with Gasteiger partial charge in [-0.15, -0.1) is 0 Å². The second-order valence-corrected chi connectivity index (χ2v) is 17.0. The number of carbonyl (C=O) groups is 2. The summed E-state index contributed by atoms with van der Waals surface area (Å²) in [5.74, 6) is 1.21. The first kappa shape index (κ1) is 55.2. The molecule has 0 radical (unpaired) electrons. The van der Waals surface area contributed by atoms with Gasteiger partial charge in [-0.3, -0.25) is 18.6 Å². The van der Waals surface area contributed by atoms with Crippen molar-refractivity contribution in [2.24, 2.45) is 5.73 Å². The molecular formula is C47H80NO11P. The topological polar surface area (TPSA) is 188 Å². The van der Waals surface area contributed by atoms with Crippen molar-refractivity contribution in [3.63, 3.8) is 0 Å². The van der Waals surface area contributed by atoms with Crippen molar-refractivity contribution in [3.8, 4) is 0 Å². The average molecular weight is 866 g/mol. The Kier molecular flexibility index (Phi) is 32.9. The molecule has 60 heavy (non-hydrogen) atoms. The van der Waals surface area contributed by atoms with Crippen molar-refractivity contribution in [2.75, 3.05) is 26.4 Å². The molecule has 0 spiro atoms. The molecule has 0 fully saturated rings. The number of unbranched alkanes of at least 4 members (excludes halogenated alkanes) is 12. The van der Waals surface area contributed by atoms with E-state index in [1.807, 2.05) is 6.08 Å². The van der Waals surface area contributed by atoms with Crippen LogP contribution in [0.15, 0.2) is 53.0 Å².